The SMILES string of the molecule is Cc1c(N2CCc3ncc(-c4cnc(Cl)c(F)c4)cc3C2)nn2cnnc2c1C. The van der Waals surface area contributed by atoms with Gasteiger partial charge in [-0.15, -0.1) is 15.3 Å². The van der Waals surface area contributed by atoms with Crippen molar-refractivity contribution >= 4 is 23.1 Å². The highest BCUT2D eigenvalue weighted by atomic mass is 35.5. The Labute approximate surface area is 171 Å². The van der Waals surface area contributed by atoms with Crippen LogP contribution in [-0.4, -0.2) is 36.3 Å². The molecule has 0 bridgehead atoms. The normalized spacial score (nSPS) is 13.7. The van der Waals surface area contributed by atoms with Crippen molar-refractivity contribution in [3.05, 3.63) is 64.2 Å². The van der Waals surface area contributed by atoms with Crippen molar-refractivity contribution in [2.24, 2.45) is 0 Å². The first-order valence-electron chi connectivity index (χ1n) is 9.22. The van der Waals surface area contributed by atoms with Gasteiger partial charge in [0.05, 0.1) is 0 Å². The third-order valence-electron chi connectivity index (χ3n) is 5.44. The monoisotopic (exact) mass is 409 g/mol. The average Bonchev–Trinajstić information content (AvgIpc) is 3.21. The molecule has 146 valence electrons. The Balaban J connectivity index is 1.52. The molecule has 4 aromatic rings. The molecule has 29 heavy (non-hydrogen) atoms. The fraction of sp³-hybridized carbons (Fsp3) is 0.250. The van der Waals surface area contributed by atoms with Crippen molar-refractivity contribution in [2.75, 3.05) is 11.4 Å². The number of hydrogen-bond acceptors (Lipinski definition) is 6. The van der Waals surface area contributed by atoms with Crippen LogP contribution in [0.25, 0.3) is 16.8 Å². The molecule has 5 rings (SSSR count). The molecular formula is C20H17ClFN7. The summed E-state index contributed by atoms with van der Waals surface area (Å²) in [6.07, 6.45) is 5.74. The van der Waals surface area contributed by atoms with Crippen molar-refractivity contribution in [1.82, 2.24) is 29.8 Å². The van der Waals surface area contributed by atoms with Gasteiger partial charge in [0.25, 0.3) is 0 Å². The number of rotatable bonds is 2. The van der Waals surface area contributed by atoms with E-state index in [0.29, 0.717) is 12.1 Å². The molecule has 5 heterocycles. The number of aromatic nitrogens is 6. The van der Waals surface area contributed by atoms with Gasteiger partial charge in [-0.3, -0.25) is 4.98 Å². The Morgan fingerprint density at radius 2 is 1.86 bits per heavy atom. The molecule has 0 aliphatic carbocycles. The van der Waals surface area contributed by atoms with E-state index in [1.54, 1.807) is 23.2 Å². The summed E-state index contributed by atoms with van der Waals surface area (Å²) in [5, 5.41) is 12.7. The summed E-state index contributed by atoms with van der Waals surface area (Å²) in [5.41, 5.74) is 6.51. The van der Waals surface area contributed by atoms with Gasteiger partial charge in [0.2, 0.25) is 0 Å². The van der Waals surface area contributed by atoms with Crippen molar-refractivity contribution in [3.63, 3.8) is 0 Å². The number of anilines is 1. The third-order valence-corrected chi connectivity index (χ3v) is 5.71. The first kappa shape index (κ1) is 17.9. The lowest BCUT2D eigenvalue weighted by atomic mass is 10.0. The first-order chi connectivity index (χ1) is 14.0. The lowest BCUT2D eigenvalue weighted by molar-refractivity contribution is 0.622. The summed E-state index contributed by atoms with van der Waals surface area (Å²) in [6, 6.07) is 3.42. The van der Waals surface area contributed by atoms with E-state index in [-0.39, 0.29) is 5.15 Å². The van der Waals surface area contributed by atoms with Gasteiger partial charge in [-0.1, -0.05) is 11.6 Å². The van der Waals surface area contributed by atoms with Gasteiger partial charge in [-0.05, 0) is 31.5 Å². The first-order valence-corrected chi connectivity index (χ1v) is 9.60. The van der Waals surface area contributed by atoms with Gasteiger partial charge in [-0.25, -0.2) is 9.37 Å². The minimum atomic E-state index is -0.541. The Hall–Kier alpha value is -3.13. The molecule has 1 aliphatic rings. The zero-order valence-electron chi connectivity index (χ0n) is 15.9. The molecule has 0 atom stereocenters. The highest BCUT2D eigenvalue weighted by Crippen LogP contribution is 2.30. The molecule has 0 fully saturated rings. The molecule has 0 aromatic carbocycles. The molecule has 9 heteroatoms. The summed E-state index contributed by atoms with van der Waals surface area (Å²) >= 11 is 5.70. The number of halogens is 2. The molecule has 0 unspecified atom stereocenters. The summed E-state index contributed by atoms with van der Waals surface area (Å²) in [5.74, 6) is 0.367. The summed E-state index contributed by atoms with van der Waals surface area (Å²) in [7, 11) is 0. The van der Waals surface area contributed by atoms with Gasteiger partial charge in [0, 0.05) is 59.9 Å². The van der Waals surface area contributed by atoms with Crippen LogP contribution in [0.5, 0.6) is 0 Å². The lowest BCUT2D eigenvalue weighted by Crippen LogP contribution is -2.32. The van der Waals surface area contributed by atoms with E-state index in [9.17, 15) is 4.39 Å². The number of nitrogens with zero attached hydrogens (tertiary/aromatic N) is 7. The average molecular weight is 410 g/mol. The molecule has 0 amide bonds. The molecule has 1 aliphatic heterocycles. The summed E-state index contributed by atoms with van der Waals surface area (Å²) in [6.45, 7) is 5.57. The molecule has 0 radical (unpaired) electrons. The molecule has 0 saturated carbocycles. The van der Waals surface area contributed by atoms with Crippen LogP contribution in [0, 0.1) is 19.7 Å². The maximum absolute atomic E-state index is 13.8. The smallest absolute Gasteiger partial charge is 0.180 e. The summed E-state index contributed by atoms with van der Waals surface area (Å²) in [4.78, 5) is 10.7. The van der Waals surface area contributed by atoms with E-state index < -0.39 is 5.82 Å². The zero-order valence-corrected chi connectivity index (χ0v) is 16.7. The van der Waals surface area contributed by atoms with Gasteiger partial charge in [0.1, 0.15) is 6.33 Å². The standard InChI is InChI=1S/C20H17ClFN7/c1-11-12(2)20(27-29-10-25-26-19(11)29)28-4-3-17-15(9-28)5-13(7-23-17)14-6-16(22)18(21)24-8-14/h5-8,10H,3-4,9H2,1-2H3. The van der Waals surface area contributed by atoms with E-state index in [1.807, 2.05) is 13.0 Å². The van der Waals surface area contributed by atoms with Crippen LogP contribution < -0.4 is 4.90 Å². The fourth-order valence-electron chi connectivity index (χ4n) is 3.71. The Morgan fingerprint density at radius 1 is 1.07 bits per heavy atom. The van der Waals surface area contributed by atoms with Crippen LogP contribution in [0.4, 0.5) is 10.2 Å². The van der Waals surface area contributed by atoms with Crippen LogP contribution >= 0.6 is 11.6 Å². The van der Waals surface area contributed by atoms with Crippen molar-refractivity contribution < 1.29 is 4.39 Å². The van der Waals surface area contributed by atoms with Crippen molar-refractivity contribution in [3.8, 4) is 11.1 Å². The molecule has 7 nitrogen and oxygen atoms in total. The fourth-order valence-corrected chi connectivity index (χ4v) is 3.81. The van der Waals surface area contributed by atoms with Gasteiger partial charge >= 0.3 is 0 Å². The summed E-state index contributed by atoms with van der Waals surface area (Å²) < 4.78 is 15.5. The lowest BCUT2D eigenvalue weighted by Gasteiger charge is -2.30. The van der Waals surface area contributed by atoms with E-state index in [0.717, 1.165) is 52.4 Å². The van der Waals surface area contributed by atoms with Crippen molar-refractivity contribution in [1.29, 1.82) is 0 Å². The largest absolute Gasteiger partial charge is 0.350 e. The van der Waals surface area contributed by atoms with Gasteiger partial charge < -0.3 is 4.90 Å². The molecule has 0 spiro atoms. The highest BCUT2D eigenvalue weighted by molar-refractivity contribution is 6.29. The second kappa shape index (κ2) is 6.73. The number of aryl methyl sites for hydroxylation is 1. The number of pyridine rings is 2. The highest BCUT2D eigenvalue weighted by Gasteiger charge is 2.23. The molecular weight excluding hydrogens is 393 g/mol. The minimum absolute atomic E-state index is 0.132. The van der Waals surface area contributed by atoms with Crippen molar-refractivity contribution in [2.45, 2.75) is 26.8 Å². The topological polar surface area (TPSA) is 72.1 Å². The second-order valence-corrected chi connectivity index (χ2v) is 7.53. The zero-order chi connectivity index (χ0) is 20.1. The van der Waals surface area contributed by atoms with Gasteiger partial charge in [-0.2, -0.15) is 4.52 Å². The third kappa shape index (κ3) is 3.00. The van der Waals surface area contributed by atoms with Crippen LogP contribution in [0.15, 0.2) is 30.9 Å². The molecule has 4 aromatic heterocycles. The predicted octanol–water partition coefficient (Wildman–Crippen LogP) is 3.55. The van der Waals surface area contributed by atoms with Crippen LogP contribution in [-0.2, 0) is 13.0 Å². The molecule has 0 saturated heterocycles. The number of fused-ring (bicyclic) bond motifs is 2. The minimum Gasteiger partial charge on any atom is -0.350 e. The maximum Gasteiger partial charge on any atom is 0.180 e. The Kier molecular flexibility index (Phi) is 4.16. The van der Waals surface area contributed by atoms with E-state index in [4.69, 9.17) is 16.7 Å². The number of hydrogen-bond donors (Lipinski definition) is 0. The van der Waals surface area contributed by atoms with E-state index in [1.165, 1.54) is 6.07 Å². The van der Waals surface area contributed by atoms with E-state index >= 15 is 0 Å². The van der Waals surface area contributed by atoms with Gasteiger partial charge in [0.15, 0.2) is 22.4 Å². The van der Waals surface area contributed by atoms with E-state index in [2.05, 4.69) is 32.0 Å². The second-order valence-electron chi connectivity index (χ2n) is 7.17. The van der Waals surface area contributed by atoms with Crippen LogP contribution in [0.3, 0.4) is 0 Å². The van der Waals surface area contributed by atoms with Crippen LogP contribution in [0.1, 0.15) is 22.4 Å². The Morgan fingerprint density at radius 3 is 2.69 bits per heavy atom. The Bertz CT molecular complexity index is 1250. The maximum atomic E-state index is 13.8. The molecule has 0 N–H and O–H groups in total. The quantitative estimate of drug-likeness (QED) is 0.471. The predicted molar refractivity (Wildman–Crippen MR) is 107 cm³/mol. The van der Waals surface area contributed by atoms with Crippen LogP contribution in [0.2, 0.25) is 5.15 Å².